The Morgan fingerprint density at radius 3 is 2.55 bits per heavy atom. The fourth-order valence-corrected chi connectivity index (χ4v) is 4.33. The highest BCUT2D eigenvalue weighted by Crippen LogP contribution is 2.28. The predicted molar refractivity (Wildman–Crippen MR) is 124 cm³/mol. The number of ether oxygens (including phenoxy) is 1. The van der Waals surface area contributed by atoms with Gasteiger partial charge < -0.3 is 4.74 Å². The Hall–Kier alpha value is -3.51. The first-order valence-electron chi connectivity index (χ1n) is 10.0. The predicted octanol–water partition coefficient (Wildman–Crippen LogP) is 5.13. The van der Waals surface area contributed by atoms with Crippen LogP contribution in [0.3, 0.4) is 0 Å². The van der Waals surface area contributed by atoms with E-state index in [-0.39, 0.29) is 18.1 Å². The number of nitrogens with zero attached hydrogens (tertiary/aromatic N) is 2. The zero-order valence-electron chi connectivity index (χ0n) is 17.4. The lowest BCUT2D eigenvalue weighted by molar-refractivity contribution is -0.117. The first kappa shape index (κ1) is 20.8. The number of likely N-dealkylation sites (N-methyl/N-ethyl adjacent to an activating group) is 1. The molecule has 0 unspecified atom stereocenters. The molecule has 0 radical (unpaired) electrons. The second kappa shape index (κ2) is 9.10. The standard InChI is InChI=1S/C25H22N2O3S/c1-3-27(25-26-11-12-31-25)23(28)15-17-13-19-16-20(30-2)9-10-21(19)22(14-17)24(29)18-7-5-4-6-8-18/h4-14,16H,3,15H2,1-2H3. The highest BCUT2D eigenvalue weighted by atomic mass is 32.1. The van der Waals surface area contributed by atoms with E-state index in [4.69, 9.17) is 4.74 Å². The summed E-state index contributed by atoms with van der Waals surface area (Å²) in [7, 11) is 1.61. The van der Waals surface area contributed by atoms with Gasteiger partial charge in [-0.3, -0.25) is 14.5 Å². The van der Waals surface area contributed by atoms with Gasteiger partial charge in [-0.05, 0) is 47.5 Å². The van der Waals surface area contributed by atoms with Crippen molar-refractivity contribution in [3.63, 3.8) is 0 Å². The van der Waals surface area contributed by atoms with Gasteiger partial charge in [0.2, 0.25) is 5.91 Å². The topological polar surface area (TPSA) is 59.5 Å². The molecule has 0 fully saturated rings. The minimum absolute atomic E-state index is 0.0576. The average Bonchev–Trinajstić information content (AvgIpc) is 3.33. The fraction of sp³-hybridized carbons (Fsp3) is 0.160. The maximum atomic E-state index is 13.3. The smallest absolute Gasteiger partial charge is 0.233 e. The molecule has 0 aliphatic heterocycles. The molecule has 156 valence electrons. The van der Waals surface area contributed by atoms with Crippen LogP contribution in [0.15, 0.2) is 72.2 Å². The molecule has 3 aromatic carbocycles. The molecule has 0 N–H and O–H groups in total. The van der Waals surface area contributed by atoms with Crippen molar-refractivity contribution < 1.29 is 14.3 Å². The largest absolute Gasteiger partial charge is 0.497 e. The number of hydrogen-bond acceptors (Lipinski definition) is 5. The van der Waals surface area contributed by atoms with E-state index in [9.17, 15) is 9.59 Å². The van der Waals surface area contributed by atoms with Gasteiger partial charge >= 0.3 is 0 Å². The van der Waals surface area contributed by atoms with Gasteiger partial charge in [0.15, 0.2) is 10.9 Å². The van der Waals surface area contributed by atoms with Gasteiger partial charge in [-0.25, -0.2) is 4.98 Å². The van der Waals surface area contributed by atoms with Crippen molar-refractivity contribution in [3.05, 3.63) is 88.9 Å². The molecule has 0 aliphatic rings. The number of thiazole rings is 1. The molecule has 31 heavy (non-hydrogen) atoms. The summed E-state index contributed by atoms with van der Waals surface area (Å²) in [5.41, 5.74) is 1.97. The molecule has 4 aromatic rings. The minimum atomic E-state index is -0.0719. The molecule has 1 heterocycles. The van der Waals surface area contributed by atoms with Crippen molar-refractivity contribution in [3.8, 4) is 5.75 Å². The maximum absolute atomic E-state index is 13.3. The van der Waals surface area contributed by atoms with Gasteiger partial charge in [0, 0.05) is 29.2 Å². The Kier molecular flexibility index (Phi) is 6.09. The van der Waals surface area contributed by atoms with Crippen LogP contribution < -0.4 is 9.64 Å². The van der Waals surface area contributed by atoms with Crippen LogP contribution in [0.4, 0.5) is 5.13 Å². The lowest BCUT2D eigenvalue weighted by atomic mass is 9.93. The summed E-state index contributed by atoms with van der Waals surface area (Å²) >= 11 is 1.43. The molecule has 0 bridgehead atoms. The van der Waals surface area contributed by atoms with Crippen LogP contribution in [-0.2, 0) is 11.2 Å². The summed E-state index contributed by atoms with van der Waals surface area (Å²) in [6.07, 6.45) is 1.87. The lowest BCUT2D eigenvalue weighted by Gasteiger charge is -2.18. The van der Waals surface area contributed by atoms with Gasteiger partial charge in [-0.15, -0.1) is 11.3 Å². The number of methoxy groups -OCH3 is 1. The fourth-order valence-electron chi connectivity index (χ4n) is 3.61. The third-order valence-corrected chi connectivity index (χ3v) is 5.92. The van der Waals surface area contributed by atoms with Crippen LogP contribution in [0.1, 0.15) is 28.4 Å². The van der Waals surface area contributed by atoms with Crippen molar-refractivity contribution in [1.82, 2.24) is 4.98 Å². The van der Waals surface area contributed by atoms with E-state index in [1.165, 1.54) is 11.3 Å². The van der Waals surface area contributed by atoms with Gasteiger partial charge in [0.05, 0.1) is 13.5 Å². The molecule has 0 aliphatic carbocycles. The summed E-state index contributed by atoms with van der Waals surface area (Å²) in [4.78, 5) is 32.3. The monoisotopic (exact) mass is 430 g/mol. The number of carbonyl (C=O) groups is 2. The average molecular weight is 431 g/mol. The first-order valence-corrected chi connectivity index (χ1v) is 10.9. The van der Waals surface area contributed by atoms with Gasteiger partial charge in [-0.2, -0.15) is 0 Å². The number of hydrogen-bond donors (Lipinski definition) is 0. The molecule has 0 saturated heterocycles. The van der Waals surface area contributed by atoms with Crippen LogP contribution in [0.2, 0.25) is 0 Å². The Bertz CT molecular complexity index is 1220. The molecule has 0 saturated carbocycles. The Labute approximate surface area is 184 Å². The van der Waals surface area contributed by atoms with Crippen LogP contribution in [0.25, 0.3) is 10.8 Å². The first-order chi connectivity index (χ1) is 15.1. The molecule has 0 atom stereocenters. The van der Waals surface area contributed by atoms with Crippen molar-refractivity contribution in [2.24, 2.45) is 0 Å². The summed E-state index contributed by atoms with van der Waals surface area (Å²) in [6, 6.07) is 18.6. The van der Waals surface area contributed by atoms with E-state index < -0.39 is 0 Å². The normalized spacial score (nSPS) is 10.8. The molecule has 1 amide bonds. The zero-order valence-corrected chi connectivity index (χ0v) is 18.2. The van der Waals surface area contributed by atoms with Gasteiger partial charge in [-0.1, -0.05) is 36.4 Å². The number of ketones is 1. The van der Waals surface area contributed by atoms with Gasteiger partial charge in [0.25, 0.3) is 0 Å². The second-order valence-electron chi connectivity index (χ2n) is 7.06. The molecule has 4 rings (SSSR count). The van der Waals surface area contributed by atoms with Gasteiger partial charge in [0.1, 0.15) is 5.75 Å². The summed E-state index contributed by atoms with van der Waals surface area (Å²) in [5, 5.41) is 4.22. The number of amides is 1. The molecular weight excluding hydrogens is 408 g/mol. The molecule has 5 nitrogen and oxygen atoms in total. The summed E-state index contributed by atoms with van der Waals surface area (Å²) in [5.74, 6) is 0.571. The van der Waals surface area contributed by atoms with Crippen LogP contribution in [0, 0.1) is 0 Å². The highest BCUT2D eigenvalue weighted by molar-refractivity contribution is 7.13. The Morgan fingerprint density at radius 1 is 1.06 bits per heavy atom. The third-order valence-electron chi connectivity index (χ3n) is 5.12. The van der Waals surface area contributed by atoms with E-state index in [0.717, 1.165) is 16.3 Å². The minimum Gasteiger partial charge on any atom is -0.497 e. The number of benzene rings is 3. The number of anilines is 1. The van der Waals surface area contributed by atoms with Crippen molar-refractivity contribution in [2.45, 2.75) is 13.3 Å². The van der Waals surface area contributed by atoms with Crippen molar-refractivity contribution in [1.29, 1.82) is 0 Å². The van der Waals surface area contributed by atoms with Crippen molar-refractivity contribution in [2.75, 3.05) is 18.6 Å². The highest BCUT2D eigenvalue weighted by Gasteiger charge is 2.19. The van der Waals surface area contributed by atoms with E-state index in [0.29, 0.717) is 28.6 Å². The molecule has 1 aromatic heterocycles. The van der Waals surface area contributed by atoms with Crippen LogP contribution >= 0.6 is 11.3 Å². The lowest BCUT2D eigenvalue weighted by Crippen LogP contribution is -2.31. The van der Waals surface area contributed by atoms with E-state index in [2.05, 4.69) is 4.98 Å². The second-order valence-corrected chi connectivity index (χ2v) is 7.93. The molecular formula is C25H22N2O3S. The van der Waals surface area contributed by atoms with E-state index >= 15 is 0 Å². The Balaban J connectivity index is 1.76. The van der Waals surface area contributed by atoms with Crippen LogP contribution in [0.5, 0.6) is 5.75 Å². The number of aromatic nitrogens is 1. The zero-order chi connectivity index (χ0) is 21.8. The maximum Gasteiger partial charge on any atom is 0.233 e. The SMILES string of the molecule is CCN(C(=O)Cc1cc(C(=O)c2ccccc2)c2ccc(OC)cc2c1)c1nccs1. The van der Waals surface area contributed by atoms with Crippen LogP contribution in [-0.4, -0.2) is 30.3 Å². The number of fused-ring (bicyclic) bond motifs is 1. The third kappa shape index (κ3) is 4.34. The number of rotatable bonds is 7. The number of carbonyl (C=O) groups excluding carboxylic acids is 2. The molecule has 0 spiro atoms. The summed E-state index contributed by atoms with van der Waals surface area (Å²) < 4.78 is 5.37. The van der Waals surface area contributed by atoms with E-state index in [1.54, 1.807) is 30.3 Å². The molecule has 6 heteroatoms. The van der Waals surface area contributed by atoms with Crippen molar-refractivity contribution >= 4 is 38.9 Å². The quantitative estimate of drug-likeness (QED) is 0.381. The Morgan fingerprint density at radius 2 is 1.87 bits per heavy atom. The van der Waals surface area contributed by atoms with E-state index in [1.807, 2.05) is 60.8 Å². The summed E-state index contributed by atoms with van der Waals surface area (Å²) in [6.45, 7) is 2.46.